The number of rotatable bonds is 4. The Labute approximate surface area is 105 Å². The lowest BCUT2D eigenvalue weighted by atomic mass is 10.2. The van der Waals surface area contributed by atoms with Crippen molar-refractivity contribution in [1.29, 1.82) is 0 Å². The van der Waals surface area contributed by atoms with Gasteiger partial charge in [0.15, 0.2) is 0 Å². The van der Waals surface area contributed by atoms with E-state index in [-0.39, 0.29) is 6.54 Å². The van der Waals surface area contributed by atoms with Crippen molar-refractivity contribution in [3.05, 3.63) is 29.8 Å². The Morgan fingerprint density at radius 3 is 2.22 bits per heavy atom. The molecule has 5 heteroatoms. The number of nitrogens with zero attached hydrogens (tertiary/aromatic N) is 1. The fraction of sp³-hybridized carbons (Fsp3) is 0.538. The lowest BCUT2D eigenvalue weighted by Crippen LogP contribution is -2.28. The van der Waals surface area contributed by atoms with Gasteiger partial charge in [-0.2, -0.15) is 13.2 Å². The molecule has 1 aromatic rings. The first kappa shape index (κ1) is 13.2. The molecule has 1 fully saturated rings. The minimum Gasteiger partial charge on any atom is -0.372 e. The van der Waals surface area contributed by atoms with Crippen molar-refractivity contribution < 1.29 is 13.2 Å². The van der Waals surface area contributed by atoms with Gasteiger partial charge in [-0.1, -0.05) is 12.1 Å². The summed E-state index contributed by atoms with van der Waals surface area (Å²) < 4.78 is 35.9. The average Bonchev–Trinajstić information content (AvgIpc) is 2.82. The fourth-order valence-electron chi connectivity index (χ4n) is 2.15. The predicted octanol–water partition coefficient (Wildman–Crippen LogP) is 2.94. The highest BCUT2D eigenvalue weighted by molar-refractivity contribution is 5.48. The molecular formula is C13H17F3N2. The highest BCUT2D eigenvalue weighted by atomic mass is 19.4. The molecular weight excluding hydrogens is 241 g/mol. The molecule has 2 nitrogen and oxygen atoms in total. The second-order valence-electron chi connectivity index (χ2n) is 4.58. The summed E-state index contributed by atoms with van der Waals surface area (Å²) in [6.07, 6.45) is -1.71. The molecule has 0 unspecified atom stereocenters. The first-order valence-corrected chi connectivity index (χ1v) is 6.16. The Balaban J connectivity index is 1.84. The number of alkyl halides is 3. The van der Waals surface area contributed by atoms with E-state index in [1.54, 1.807) is 0 Å². The van der Waals surface area contributed by atoms with Gasteiger partial charge in [-0.15, -0.1) is 0 Å². The third-order valence-electron chi connectivity index (χ3n) is 3.06. The molecule has 100 valence electrons. The maximum absolute atomic E-state index is 12.0. The van der Waals surface area contributed by atoms with Crippen molar-refractivity contribution in [2.45, 2.75) is 25.6 Å². The summed E-state index contributed by atoms with van der Waals surface area (Å²) in [5.74, 6) is 0. The van der Waals surface area contributed by atoms with E-state index in [4.69, 9.17) is 0 Å². The monoisotopic (exact) mass is 258 g/mol. The molecule has 1 saturated heterocycles. The van der Waals surface area contributed by atoms with Crippen molar-refractivity contribution in [1.82, 2.24) is 5.32 Å². The third-order valence-corrected chi connectivity index (χ3v) is 3.06. The van der Waals surface area contributed by atoms with Gasteiger partial charge in [-0.05, 0) is 30.5 Å². The second-order valence-corrected chi connectivity index (χ2v) is 4.58. The van der Waals surface area contributed by atoms with E-state index < -0.39 is 12.7 Å². The lowest BCUT2D eigenvalue weighted by Gasteiger charge is -2.17. The number of nitrogens with one attached hydrogen (secondary N) is 1. The smallest absolute Gasteiger partial charge is 0.372 e. The standard InChI is InChI=1S/C13H17F3N2/c14-13(15,16)10-17-9-11-3-5-12(6-4-11)18-7-1-2-8-18/h3-6,17H,1-2,7-10H2. The summed E-state index contributed by atoms with van der Waals surface area (Å²) in [5, 5.41) is 2.39. The van der Waals surface area contributed by atoms with Gasteiger partial charge in [0, 0.05) is 25.3 Å². The Kier molecular flexibility index (Phi) is 4.11. The molecule has 2 rings (SSSR count). The summed E-state index contributed by atoms with van der Waals surface area (Å²) in [6, 6.07) is 7.74. The molecule has 0 spiro atoms. The van der Waals surface area contributed by atoms with Crippen LogP contribution in [0.1, 0.15) is 18.4 Å². The summed E-state index contributed by atoms with van der Waals surface area (Å²) >= 11 is 0. The number of benzene rings is 1. The topological polar surface area (TPSA) is 15.3 Å². The summed E-state index contributed by atoms with van der Waals surface area (Å²) in [6.45, 7) is 1.46. The van der Waals surface area contributed by atoms with Gasteiger partial charge < -0.3 is 10.2 Å². The van der Waals surface area contributed by atoms with Crippen LogP contribution in [-0.4, -0.2) is 25.8 Å². The molecule has 0 saturated carbocycles. The summed E-state index contributed by atoms with van der Waals surface area (Å²) in [5.41, 5.74) is 2.04. The van der Waals surface area contributed by atoms with Crippen molar-refractivity contribution in [3.8, 4) is 0 Å². The van der Waals surface area contributed by atoms with E-state index in [0.29, 0.717) is 0 Å². The van der Waals surface area contributed by atoms with Crippen LogP contribution in [0, 0.1) is 0 Å². The Hall–Kier alpha value is -1.23. The van der Waals surface area contributed by atoms with E-state index in [0.717, 1.165) is 24.3 Å². The zero-order valence-electron chi connectivity index (χ0n) is 10.1. The van der Waals surface area contributed by atoms with E-state index in [2.05, 4.69) is 10.2 Å². The largest absolute Gasteiger partial charge is 0.401 e. The molecule has 0 aromatic heterocycles. The van der Waals surface area contributed by atoms with Gasteiger partial charge >= 0.3 is 6.18 Å². The van der Waals surface area contributed by atoms with Crippen molar-refractivity contribution in [2.24, 2.45) is 0 Å². The Morgan fingerprint density at radius 1 is 1.06 bits per heavy atom. The van der Waals surface area contributed by atoms with Gasteiger partial charge in [-0.3, -0.25) is 0 Å². The van der Waals surface area contributed by atoms with Crippen LogP contribution in [0.3, 0.4) is 0 Å². The van der Waals surface area contributed by atoms with Crippen LogP contribution in [0.2, 0.25) is 0 Å². The molecule has 1 aromatic carbocycles. The second kappa shape index (κ2) is 5.61. The van der Waals surface area contributed by atoms with Crippen LogP contribution in [0.15, 0.2) is 24.3 Å². The molecule has 0 atom stereocenters. The molecule has 0 bridgehead atoms. The van der Waals surface area contributed by atoms with Crippen LogP contribution < -0.4 is 10.2 Å². The zero-order chi connectivity index (χ0) is 13.0. The molecule has 0 radical (unpaired) electrons. The van der Waals surface area contributed by atoms with E-state index in [1.165, 1.54) is 12.8 Å². The van der Waals surface area contributed by atoms with E-state index in [1.807, 2.05) is 24.3 Å². The molecule has 1 aliphatic rings. The van der Waals surface area contributed by atoms with Crippen LogP contribution in [0.4, 0.5) is 18.9 Å². The minimum absolute atomic E-state index is 0.250. The normalized spacial score (nSPS) is 16.3. The maximum atomic E-state index is 12.0. The first-order valence-electron chi connectivity index (χ1n) is 6.16. The molecule has 18 heavy (non-hydrogen) atoms. The third kappa shape index (κ3) is 3.91. The Bertz CT molecular complexity index is 367. The van der Waals surface area contributed by atoms with Gasteiger partial charge in [-0.25, -0.2) is 0 Å². The van der Waals surface area contributed by atoms with Crippen molar-refractivity contribution >= 4 is 5.69 Å². The molecule has 1 N–H and O–H groups in total. The highest BCUT2D eigenvalue weighted by Crippen LogP contribution is 2.20. The van der Waals surface area contributed by atoms with Crippen LogP contribution >= 0.6 is 0 Å². The molecule has 0 amide bonds. The zero-order valence-corrected chi connectivity index (χ0v) is 10.1. The van der Waals surface area contributed by atoms with E-state index in [9.17, 15) is 13.2 Å². The maximum Gasteiger partial charge on any atom is 0.401 e. The number of halogens is 3. The van der Waals surface area contributed by atoms with Gasteiger partial charge in [0.05, 0.1) is 6.54 Å². The number of hydrogen-bond acceptors (Lipinski definition) is 2. The lowest BCUT2D eigenvalue weighted by molar-refractivity contribution is -0.125. The molecule has 1 heterocycles. The first-order chi connectivity index (χ1) is 8.54. The minimum atomic E-state index is -4.14. The van der Waals surface area contributed by atoms with Crippen LogP contribution in [-0.2, 0) is 6.54 Å². The molecule has 1 aliphatic heterocycles. The van der Waals surface area contributed by atoms with Gasteiger partial charge in [0.25, 0.3) is 0 Å². The number of anilines is 1. The van der Waals surface area contributed by atoms with Crippen LogP contribution in [0.5, 0.6) is 0 Å². The highest BCUT2D eigenvalue weighted by Gasteiger charge is 2.26. The summed E-state index contributed by atoms with van der Waals surface area (Å²) in [7, 11) is 0. The van der Waals surface area contributed by atoms with Gasteiger partial charge in [0.2, 0.25) is 0 Å². The Morgan fingerprint density at radius 2 is 1.67 bits per heavy atom. The van der Waals surface area contributed by atoms with Crippen molar-refractivity contribution in [3.63, 3.8) is 0 Å². The average molecular weight is 258 g/mol. The number of hydrogen-bond donors (Lipinski definition) is 1. The SMILES string of the molecule is FC(F)(F)CNCc1ccc(N2CCCC2)cc1. The van der Waals surface area contributed by atoms with Crippen molar-refractivity contribution in [2.75, 3.05) is 24.5 Å². The summed E-state index contributed by atoms with van der Waals surface area (Å²) in [4.78, 5) is 2.30. The van der Waals surface area contributed by atoms with E-state index >= 15 is 0 Å². The predicted molar refractivity (Wildman–Crippen MR) is 65.7 cm³/mol. The fourth-order valence-corrected chi connectivity index (χ4v) is 2.15. The van der Waals surface area contributed by atoms with Crippen LogP contribution in [0.25, 0.3) is 0 Å². The molecule has 0 aliphatic carbocycles. The quantitative estimate of drug-likeness (QED) is 0.893. The van der Waals surface area contributed by atoms with Gasteiger partial charge in [0.1, 0.15) is 0 Å².